The van der Waals surface area contributed by atoms with Crippen molar-refractivity contribution in [3.05, 3.63) is 35.9 Å². The molecule has 0 aromatic heterocycles. The number of hydrogen-bond acceptors (Lipinski definition) is 2. The summed E-state index contributed by atoms with van der Waals surface area (Å²) in [4.78, 5) is 13.8. The molecule has 0 radical (unpaired) electrons. The minimum Gasteiger partial charge on any atom is -0.338 e. The van der Waals surface area contributed by atoms with Crippen LogP contribution in [0, 0.1) is 0 Å². The Morgan fingerprint density at radius 1 is 1.25 bits per heavy atom. The number of nitrogens with two attached hydrogens (primary N) is 1. The zero-order valence-electron chi connectivity index (χ0n) is 9.43. The van der Waals surface area contributed by atoms with E-state index in [0.29, 0.717) is 13.0 Å². The van der Waals surface area contributed by atoms with Crippen LogP contribution in [0.25, 0.3) is 0 Å². The molecular formula is C13H18N2O. The van der Waals surface area contributed by atoms with E-state index in [4.69, 9.17) is 5.73 Å². The van der Waals surface area contributed by atoms with Crippen LogP contribution in [0.3, 0.4) is 0 Å². The maximum Gasteiger partial charge on any atom is 0.222 e. The van der Waals surface area contributed by atoms with E-state index in [-0.39, 0.29) is 11.9 Å². The summed E-state index contributed by atoms with van der Waals surface area (Å²) in [6, 6.07) is 10.3. The zero-order chi connectivity index (χ0) is 11.4. The molecule has 1 aliphatic rings. The molecule has 1 atom stereocenters. The molecule has 0 unspecified atom stereocenters. The van der Waals surface area contributed by atoms with Crippen LogP contribution in [-0.2, 0) is 11.3 Å². The smallest absolute Gasteiger partial charge is 0.222 e. The first-order chi connectivity index (χ1) is 7.75. The molecule has 86 valence electrons. The number of benzene rings is 1. The van der Waals surface area contributed by atoms with Crippen molar-refractivity contribution in [2.45, 2.75) is 31.8 Å². The monoisotopic (exact) mass is 218 g/mol. The van der Waals surface area contributed by atoms with Crippen LogP contribution in [0.4, 0.5) is 0 Å². The van der Waals surface area contributed by atoms with Crippen molar-refractivity contribution in [3.63, 3.8) is 0 Å². The van der Waals surface area contributed by atoms with E-state index < -0.39 is 0 Å². The summed E-state index contributed by atoms with van der Waals surface area (Å²) in [6.45, 7) is 1.50. The Bertz CT molecular complexity index is 350. The fraction of sp³-hybridized carbons (Fsp3) is 0.462. The molecule has 1 heterocycles. The molecule has 3 nitrogen and oxygen atoms in total. The van der Waals surface area contributed by atoms with E-state index in [0.717, 1.165) is 19.4 Å². The van der Waals surface area contributed by atoms with Gasteiger partial charge in [-0.1, -0.05) is 30.3 Å². The minimum atomic E-state index is 0.185. The second kappa shape index (κ2) is 5.12. The van der Waals surface area contributed by atoms with Crippen LogP contribution >= 0.6 is 0 Å². The second-order valence-corrected chi connectivity index (χ2v) is 4.39. The molecule has 1 aromatic rings. The molecule has 0 bridgehead atoms. The molecule has 2 rings (SSSR count). The van der Waals surface area contributed by atoms with Gasteiger partial charge in [0.25, 0.3) is 0 Å². The Balaban J connectivity index is 2.00. The minimum absolute atomic E-state index is 0.185. The molecule has 1 amide bonds. The summed E-state index contributed by atoms with van der Waals surface area (Å²) in [5, 5.41) is 0. The van der Waals surface area contributed by atoms with Crippen LogP contribution in [0.15, 0.2) is 30.3 Å². The maximum atomic E-state index is 11.8. The first-order valence-electron chi connectivity index (χ1n) is 5.83. The predicted octanol–water partition coefficient (Wildman–Crippen LogP) is 1.53. The molecule has 1 aromatic carbocycles. The van der Waals surface area contributed by atoms with Crippen molar-refractivity contribution in [2.75, 3.05) is 6.54 Å². The van der Waals surface area contributed by atoms with Crippen molar-refractivity contribution in [1.82, 2.24) is 4.90 Å². The highest BCUT2D eigenvalue weighted by Crippen LogP contribution is 2.13. The lowest BCUT2D eigenvalue weighted by Crippen LogP contribution is -2.30. The summed E-state index contributed by atoms with van der Waals surface area (Å²) in [7, 11) is 0. The van der Waals surface area contributed by atoms with E-state index in [1.165, 1.54) is 5.56 Å². The number of carbonyl (C=O) groups is 1. The molecule has 1 saturated heterocycles. The van der Waals surface area contributed by atoms with Gasteiger partial charge >= 0.3 is 0 Å². The first-order valence-corrected chi connectivity index (χ1v) is 5.83. The fourth-order valence-electron chi connectivity index (χ4n) is 2.03. The van der Waals surface area contributed by atoms with E-state index in [9.17, 15) is 4.79 Å². The molecule has 16 heavy (non-hydrogen) atoms. The van der Waals surface area contributed by atoms with E-state index in [2.05, 4.69) is 12.1 Å². The molecule has 2 N–H and O–H groups in total. The lowest BCUT2D eigenvalue weighted by Gasteiger charge is -2.20. The van der Waals surface area contributed by atoms with E-state index in [1.54, 1.807) is 0 Å². The van der Waals surface area contributed by atoms with Crippen molar-refractivity contribution in [2.24, 2.45) is 5.73 Å². The summed E-state index contributed by atoms with van der Waals surface area (Å²) in [5.41, 5.74) is 7.06. The Labute approximate surface area is 96.2 Å². The lowest BCUT2D eigenvalue weighted by molar-refractivity contribution is -0.131. The number of likely N-dealkylation sites (tertiary alicyclic amines) is 1. The van der Waals surface area contributed by atoms with Gasteiger partial charge in [0.1, 0.15) is 0 Å². The Kier molecular flexibility index (Phi) is 3.57. The number of hydrogen-bond donors (Lipinski definition) is 1. The number of rotatable bonds is 2. The van der Waals surface area contributed by atoms with Gasteiger partial charge in [-0.2, -0.15) is 0 Å². The standard InChI is InChI=1S/C13H18N2O/c14-12-6-7-13(16)15(9-8-12)10-11-4-2-1-3-5-11/h1-5,12H,6-10,14H2/t12-/m0/s1. The molecule has 3 heteroatoms. The van der Waals surface area contributed by atoms with Crippen molar-refractivity contribution in [1.29, 1.82) is 0 Å². The third-order valence-corrected chi connectivity index (χ3v) is 3.07. The average Bonchev–Trinajstić information content (AvgIpc) is 2.46. The molecular weight excluding hydrogens is 200 g/mol. The van der Waals surface area contributed by atoms with Crippen LogP contribution < -0.4 is 5.73 Å². The summed E-state index contributed by atoms with van der Waals surface area (Å²) in [5.74, 6) is 0.233. The topological polar surface area (TPSA) is 46.3 Å². The fourth-order valence-corrected chi connectivity index (χ4v) is 2.03. The maximum absolute atomic E-state index is 11.8. The molecule has 0 aliphatic carbocycles. The predicted molar refractivity (Wildman–Crippen MR) is 63.7 cm³/mol. The Hall–Kier alpha value is -1.35. The van der Waals surface area contributed by atoms with Crippen molar-refractivity contribution < 1.29 is 4.79 Å². The van der Waals surface area contributed by atoms with Gasteiger partial charge in [0, 0.05) is 25.6 Å². The van der Waals surface area contributed by atoms with Gasteiger partial charge in [0.15, 0.2) is 0 Å². The zero-order valence-corrected chi connectivity index (χ0v) is 9.43. The first kappa shape index (κ1) is 11.1. The van der Waals surface area contributed by atoms with E-state index in [1.807, 2.05) is 23.1 Å². The third kappa shape index (κ3) is 2.83. The van der Waals surface area contributed by atoms with Crippen LogP contribution in [0.2, 0.25) is 0 Å². The molecule has 0 saturated carbocycles. The summed E-state index contributed by atoms with van der Waals surface area (Å²) < 4.78 is 0. The van der Waals surface area contributed by atoms with Gasteiger partial charge < -0.3 is 10.6 Å². The van der Waals surface area contributed by atoms with Crippen molar-refractivity contribution in [3.8, 4) is 0 Å². The molecule has 1 fully saturated rings. The van der Waals surface area contributed by atoms with Crippen LogP contribution in [0.5, 0.6) is 0 Å². The molecule has 0 spiro atoms. The lowest BCUT2D eigenvalue weighted by atomic mass is 10.1. The normalized spacial score (nSPS) is 21.9. The van der Waals surface area contributed by atoms with Crippen molar-refractivity contribution >= 4 is 5.91 Å². The highest BCUT2D eigenvalue weighted by molar-refractivity contribution is 5.76. The van der Waals surface area contributed by atoms with Crippen LogP contribution in [0.1, 0.15) is 24.8 Å². The van der Waals surface area contributed by atoms with Gasteiger partial charge in [0.2, 0.25) is 5.91 Å². The van der Waals surface area contributed by atoms with Gasteiger partial charge in [0.05, 0.1) is 0 Å². The second-order valence-electron chi connectivity index (χ2n) is 4.39. The number of amides is 1. The Morgan fingerprint density at radius 2 is 2.00 bits per heavy atom. The number of carbonyl (C=O) groups excluding carboxylic acids is 1. The van der Waals surface area contributed by atoms with Gasteiger partial charge in [-0.25, -0.2) is 0 Å². The summed E-state index contributed by atoms with van der Waals surface area (Å²) >= 11 is 0. The highest BCUT2D eigenvalue weighted by atomic mass is 16.2. The molecule has 1 aliphatic heterocycles. The third-order valence-electron chi connectivity index (χ3n) is 3.07. The average molecular weight is 218 g/mol. The SMILES string of the molecule is N[C@H]1CCC(=O)N(Cc2ccccc2)CC1. The van der Waals surface area contributed by atoms with Gasteiger partial charge in [-0.05, 0) is 18.4 Å². The van der Waals surface area contributed by atoms with Crippen LogP contribution in [-0.4, -0.2) is 23.4 Å². The largest absolute Gasteiger partial charge is 0.338 e. The number of nitrogens with zero attached hydrogens (tertiary/aromatic N) is 1. The van der Waals surface area contributed by atoms with E-state index >= 15 is 0 Å². The van der Waals surface area contributed by atoms with Gasteiger partial charge in [-0.15, -0.1) is 0 Å². The summed E-state index contributed by atoms with van der Waals surface area (Å²) in [6.07, 6.45) is 2.33. The van der Waals surface area contributed by atoms with Gasteiger partial charge in [-0.3, -0.25) is 4.79 Å². The quantitative estimate of drug-likeness (QED) is 0.818. The Morgan fingerprint density at radius 3 is 2.75 bits per heavy atom. The highest BCUT2D eigenvalue weighted by Gasteiger charge is 2.20.